The van der Waals surface area contributed by atoms with Crippen molar-refractivity contribution in [3.63, 3.8) is 0 Å². The Morgan fingerprint density at radius 2 is 1.29 bits per heavy atom. The van der Waals surface area contributed by atoms with E-state index in [-0.39, 0.29) is 127 Å². The number of guanidine groups is 3. The number of carboxylic acid groups (broad SMARTS) is 1. The van der Waals surface area contributed by atoms with E-state index in [1.54, 1.807) is 15.9 Å². The van der Waals surface area contributed by atoms with Crippen LogP contribution in [0.25, 0.3) is 0 Å². The molecular formula is C55H82N18O10. The minimum atomic E-state index is -1.56. The number of carbonyl (C=O) groups excluding carboxylic acids is 7. The first kappa shape index (κ1) is 62.3. The molecule has 4 fully saturated rings. The molecule has 28 heteroatoms. The Balaban J connectivity index is 1.06. The topological polar surface area (TPSA) is 449 Å². The van der Waals surface area contributed by atoms with Crippen LogP contribution >= 0.6 is 0 Å². The number of aliphatic imine (C=N–C) groups is 3. The van der Waals surface area contributed by atoms with Gasteiger partial charge >= 0.3 is 5.97 Å². The molecule has 1 aliphatic carbocycles. The molecule has 4 aliphatic heterocycles. The number of likely N-dealkylation sites (tertiary alicyclic amines) is 2. The molecule has 7 amide bonds. The maximum Gasteiger partial charge on any atom is 0.326 e. The Kier molecular flexibility index (Phi) is 21.5. The number of carbonyl (C=O) groups is 8. The van der Waals surface area contributed by atoms with Gasteiger partial charge in [0, 0.05) is 57.4 Å². The number of hydrogen-bond donors (Lipinski definition) is 12. The van der Waals surface area contributed by atoms with E-state index >= 15 is 4.79 Å². The molecule has 0 radical (unpaired) electrons. The zero-order valence-corrected chi connectivity index (χ0v) is 46.9. The third-order valence-corrected chi connectivity index (χ3v) is 16.5. The van der Waals surface area contributed by atoms with E-state index in [4.69, 9.17) is 40.1 Å². The quantitative estimate of drug-likeness (QED) is 0.0264. The van der Waals surface area contributed by atoms with E-state index in [2.05, 4.69) is 30.9 Å². The molecule has 1 saturated carbocycles. The van der Waals surface area contributed by atoms with Crippen LogP contribution in [-0.2, 0) is 51.3 Å². The van der Waals surface area contributed by atoms with Crippen molar-refractivity contribution in [2.45, 2.75) is 144 Å². The van der Waals surface area contributed by atoms with Crippen molar-refractivity contribution in [2.24, 2.45) is 61.0 Å². The number of carboxylic acids is 1. The lowest BCUT2D eigenvalue weighted by Crippen LogP contribution is -2.62. The first-order chi connectivity index (χ1) is 39.7. The predicted molar refractivity (Wildman–Crippen MR) is 308 cm³/mol. The van der Waals surface area contributed by atoms with E-state index in [0.717, 1.165) is 30.4 Å². The lowest BCUT2D eigenvalue weighted by Gasteiger charge is -2.44. The van der Waals surface area contributed by atoms with Crippen LogP contribution in [-0.4, -0.2) is 195 Å². The lowest BCUT2D eigenvalue weighted by atomic mass is 9.84. The van der Waals surface area contributed by atoms with Gasteiger partial charge in [-0.2, -0.15) is 0 Å². The highest BCUT2D eigenvalue weighted by molar-refractivity contribution is 5.99. The molecule has 28 nitrogen and oxygen atoms in total. The molecule has 3 saturated heterocycles. The first-order valence-electron chi connectivity index (χ1n) is 28.5. The van der Waals surface area contributed by atoms with Crippen molar-refractivity contribution in [3.8, 4) is 0 Å². The van der Waals surface area contributed by atoms with Crippen molar-refractivity contribution < 1.29 is 48.6 Å². The summed E-state index contributed by atoms with van der Waals surface area (Å²) in [6.07, 6.45) is 5.18. The van der Waals surface area contributed by atoms with E-state index in [0.29, 0.717) is 31.4 Å². The van der Waals surface area contributed by atoms with Gasteiger partial charge in [-0.1, -0.05) is 55.3 Å². The van der Waals surface area contributed by atoms with Gasteiger partial charge in [-0.25, -0.2) is 4.79 Å². The number of para-hydroxylation sites is 1. The molecule has 0 aromatic heterocycles. The minimum absolute atomic E-state index is 0.0258. The van der Waals surface area contributed by atoms with Crippen LogP contribution in [0, 0.1) is 5.92 Å². The summed E-state index contributed by atoms with van der Waals surface area (Å²) in [4.78, 5) is 133. The number of nitrogens with one attached hydrogen (secondary N) is 3. The summed E-state index contributed by atoms with van der Waals surface area (Å²) < 4.78 is 0. The maximum atomic E-state index is 15.3. The Bertz CT molecular complexity index is 2750. The van der Waals surface area contributed by atoms with E-state index < -0.39 is 96.4 Å². The zero-order chi connectivity index (χ0) is 60.0. The molecule has 452 valence electrons. The number of nitrogens with zero attached hydrogens (tertiary/aromatic N) is 8. The number of rotatable bonds is 25. The van der Waals surface area contributed by atoms with Crippen LogP contribution in [0.15, 0.2) is 69.6 Å². The Morgan fingerprint density at radius 3 is 1.90 bits per heavy atom. The summed E-state index contributed by atoms with van der Waals surface area (Å²) >= 11 is 0. The Labute approximate surface area is 482 Å². The summed E-state index contributed by atoms with van der Waals surface area (Å²) in [5.74, 6) is -5.65. The smallest absolute Gasteiger partial charge is 0.326 e. The number of piperidine rings is 1. The number of aliphatic carboxylic acids is 1. The van der Waals surface area contributed by atoms with Crippen molar-refractivity contribution in [2.75, 3.05) is 57.4 Å². The summed E-state index contributed by atoms with van der Waals surface area (Å²) in [7, 11) is 0. The average Bonchev–Trinajstić information content (AvgIpc) is 2.32. The van der Waals surface area contributed by atoms with Crippen LogP contribution in [0.2, 0.25) is 0 Å². The largest absolute Gasteiger partial charge is 0.480 e. The van der Waals surface area contributed by atoms with Crippen molar-refractivity contribution in [1.82, 2.24) is 35.6 Å². The van der Waals surface area contributed by atoms with Gasteiger partial charge in [0.25, 0.3) is 5.91 Å². The van der Waals surface area contributed by atoms with Crippen LogP contribution in [0.1, 0.15) is 94.6 Å². The summed E-state index contributed by atoms with van der Waals surface area (Å²) in [5, 5.41) is 29.1. The molecule has 19 N–H and O–H groups in total. The monoisotopic (exact) mass is 1150 g/mol. The number of hydrogen-bond acceptors (Lipinski definition) is 14. The highest BCUT2D eigenvalue weighted by Crippen LogP contribution is 2.42. The van der Waals surface area contributed by atoms with E-state index in [9.17, 15) is 43.8 Å². The molecule has 8 atom stereocenters. The third kappa shape index (κ3) is 15.4. The van der Waals surface area contributed by atoms with E-state index in [1.165, 1.54) is 9.80 Å². The molecule has 2 aromatic carbocycles. The molecule has 2 aromatic rings. The highest BCUT2D eigenvalue weighted by Gasteiger charge is 2.55. The second-order valence-corrected chi connectivity index (χ2v) is 22.0. The van der Waals surface area contributed by atoms with Gasteiger partial charge in [-0.05, 0) is 99.8 Å². The Morgan fingerprint density at radius 1 is 0.699 bits per heavy atom. The van der Waals surface area contributed by atoms with E-state index in [1.807, 2.05) is 53.4 Å². The highest BCUT2D eigenvalue weighted by atomic mass is 16.4. The average molecular weight is 1160 g/mol. The molecule has 7 rings (SSSR count). The molecule has 1 spiro atoms. The molecular weight excluding hydrogens is 1070 g/mol. The Hall–Kier alpha value is -8.27. The van der Waals surface area contributed by atoms with Crippen LogP contribution < -0.4 is 61.0 Å². The fraction of sp³-hybridized carbons (Fsp3) is 0.582. The SMILES string of the molecule is NC(N)=NCCC[C@@H](N)C(=O)N[C@@H](CCCN=C(N)N)C(=O)N1CCC2(CC1)C(=O)N(CC(=O)N[C@@H](CO)C(=O)N1Cc3ccccc3C[C@@H]1C(=O)N1C3CCCCC3C[C@H]1C(=O)N[C@@H](CCCN=C(N)N)C(=O)O)CN2c1ccccc1. The summed E-state index contributed by atoms with van der Waals surface area (Å²) in [5.41, 5.74) is 40.0. The molecule has 2 unspecified atom stereocenters. The van der Waals surface area contributed by atoms with Crippen molar-refractivity contribution in [1.29, 1.82) is 0 Å². The fourth-order valence-electron chi connectivity index (χ4n) is 12.3. The van der Waals surface area contributed by atoms with Gasteiger partial charge in [0.1, 0.15) is 42.3 Å². The summed E-state index contributed by atoms with van der Waals surface area (Å²) in [6.45, 7) is -0.652. The molecule has 0 bridgehead atoms. The van der Waals surface area contributed by atoms with Gasteiger partial charge < -0.3 is 90.8 Å². The maximum absolute atomic E-state index is 15.3. The number of amides is 7. The minimum Gasteiger partial charge on any atom is -0.480 e. The zero-order valence-electron chi connectivity index (χ0n) is 46.9. The van der Waals surface area contributed by atoms with Gasteiger partial charge in [0.15, 0.2) is 17.9 Å². The second-order valence-electron chi connectivity index (χ2n) is 22.0. The predicted octanol–water partition coefficient (Wildman–Crippen LogP) is -3.21. The van der Waals surface area contributed by atoms with Gasteiger partial charge in [-0.3, -0.25) is 48.5 Å². The first-order valence-corrected chi connectivity index (χ1v) is 28.5. The number of aliphatic hydroxyl groups excluding tert-OH is 1. The molecule has 83 heavy (non-hydrogen) atoms. The van der Waals surface area contributed by atoms with Gasteiger partial charge in [0.2, 0.25) is 35.4 Å². The number of benzene rings is 2. The van der Waals surface area contributed by atoms with Crippen molar-refractivity contribution in [3.05, 3.63) is 65.7 Å². The number of aliphatic hydroxyl groups is 1. The van der Waals surface area contributed by atoms with Gasteiger partial charge in [-0.15, -0.1) is 0 Å². The van der Waals surface area contributed by atoms with Crippen LogP contribution in [0.4, 0.5) is 5.69 Å². The number of nitrogens with two attached hydrogens (primary N) is 7. The summed E-state index contributed by atoms with van der Waals surface area (Å²) in [6, 6.07) is 9.07. The lowest BCUT2D eigenvalue weighted by molar-refractivity contribution is -0.153. The van der Waals surface area contributed by atoms with Gasteiger partial charge in [0.05, 0.1) is 19.3 Å². The fourth-order valence-corrected chi connectivity index (χ4v) is 12.3. The number of anilines is 1. The normalized spacial score (nSPS) is 21.3. The molecule has 4 heterocycles. The third-order valence-electron chi connectivity index (χ3n) is 16.5. The number of fused-ring (bicyclic) bond motifs is 2. The van der Waals surface area contributed by atoms with Crippen LogP contribution in [0.3, 0.4) is 0 Å². The molecule has 5 aliphatic rings. The van der Waals surface area contributed by atoms with Crippen molar-refractivity contribution >= 4 is 70.9 Å². The standard InChI is InChI=1S/C55H82N18O10/c56-37(16-8-22-63-52(57)58)45(76)67-38(17-9-23-64-53(59)60)47(78)69-25-20-55(21-26-69)51(83)70(32-72(55)36-14-2-1-3-15-36)30-44(75)66-40(31-74)48(79)71-29-35-13-5-4-11-33(35)27-43(71)49(80)73-41-19-7-6-12-34(41)28-42(73)46(77)68-39(50(81)82)18-10-24-65-54(61)62/h1-5,11,13-15,34,37-43,74H,6-10,12,16-32,56H2,(H,66,75)(H,67,76)(H,68,77)(H,81,82)(H4,57,58,63)(H4,59,60,64)(H4,61,62,65)/t34?,37-,38+,39+,40+,41?,42+,43-/m1/s1. The second kappa shape index (κ2) is 28.6. The van der Waals surface area contributed by atoms with Crippen LogP contribution in [0.5, 0.6) is 0 Å².